The number of ether oxygens (including phenoxy) is 1. The Hall–Kier alpha value is -3.69. The van der Waals surface area contributed by atoms with Gasteiger partial charge in [0.15, 0.2) is 23.1 Å². The number of carbonyl (C=O) groups excluding carboxylic acids is 2. The summed E-state index contributed by atoms with van der Waals surface area (Å²) in [7, 11) is 1.08. The molecule has 3 aromatic rings. The van der Waals surface area contributed by atoms with E-state index in [-0.39, 0.29) is 16.9 Å². The van der Waals surface area contributed by atoms with Gasteiger partial charge in [0.1, 0.15) is 6.33 Å². The van der Waals surface area contributed by atoms with Crippen LogP contribution in [0.2, 0.25) is 0 Å². The van der Waals surface area contributed by atoms with Crippen molar-refractivity contribution < 1.29 is 23.1 Å². The van der Waals surface area contributed by atoms with Gasteiger partial charge in [-0.25, -0.2) is 18.6 Å². The van der Waals surface area contributed by atoms with Gasteiger partial charge in [-0.05, 0) is 24.6 Å². The van der Waals surface area contributed by atoms with Gasteiger partial charge in [-0.2, -0.15) is 0 Å². The van der Waals surface area contributed by atoms with Crippen LogP contribution >= 0.6 is 0 Å². The molecule has 138 valence electrons. The van der Waals surface area contributed by atoms with Crippen molar-refractivity contribution in [3.8, 4) is 5.82 Å². The molecule has 0 fully saturated rings. The predicted molar refractivity (Wildman–Crippen MR) is 89.5 cm³/mol. The molecule has 1 N–H and O–H groups in total. The number of rotatable bonds is 4. The highest BCUT2D eigenvalue weighted by molar-refractivity contribution is 6.07. The lowest BCUT2D eigenvalue weighted by Crippen LogP contribution is -2.18. The Balaban J connectivity index is 1.91. The third-order valence-corrected chi connectivity index (χ3v) is 3.65. The average molecular weight is 373 g/mol. The summed E-state index contributed by atoms with van der Waals surface area (Å²) >= 11 is 0. The Morgan fingerprint density at radius 2 is 1.89 bits per heavy atom. The number of benzene rings is 1. The minimum absolute atomic E-state index is 0.0723. The van der Waals surface area contributed by atoms with Crippen molar-refractivity contribution in [3.63, 3.8) is 0 Å². The van der Waals surface area contributed by atoms with Crippen molar-refractivity contribution in [2.75, 3.05) is 12.4 Å². The molecule has 0 spiro atoms. The Labute approximate surface area is 151 Å². The van der Waals surface area contributed by atoms with Crippen LogP contribution in [0, 0.1) is 18.6 Å². The summed E-state index contributed by atoms with van der Waals surface area (Å²) in [4.78, 5) is 28.1. The molecule has 0 aliphatic rings. The molecular formula is C17H13F2N5O3. The second-order valence-electron chi connectivity index (χ2n) is 5.46. The number of hydrogen-bond acceptors (Lipinski definition) is 6. The number of amides is 1. The monoisotopic (exact) mass is 373 g/mol. The van der Waals surface area contributed by atoms with E-state index in [1.807, 2.05) is 0 Å². The van der Waals surface area contributed by atoms with E-state index in [2.05, 4.69) is 25.2 Å². The number of nitrogens with zero attached hydrogens (tertiary/aromatic N) is 4. The van der Waals surface area contributed by atoms with Crippen molar-refractivity contribution in [1.82, 2.24) is 19.7 Å². The van der Waals surface area contributed by atoms with Crippen LogP contribution in [0.3, 0.4) is 0 Å². The fourth-order valence-corrected chi connectivity index (χ4v) is 2.34. The maximum atomic E-state index is 13.5. The Bertz CT molecular complexity index is 1020. The third-order valence-electron chi connectivity index (χ3n) is 3.65. The first-order valence-electron chi connectivity index (χ1n) is 7.62. The van der Waals surface area contributed by atoms with Crippen LogP contribution in [0.15, 0.2) is 36.9 Å². The number of imidazole rings is 1. The van der Waals surface area contributed by atoms with E-state index in [1.165, 1.54) is 12.4 Å². The maximum absolute atomic E-state index is 13.5. The number of methoxy groups -OCH3 is 1. The van der Waals surface area contributed by atoms with E-state index in [9.17, 15) is 18.4 Å². The Morgan fingerprint density at radius 1 is 1.15 bits per heavy atom. The highest BCUT2D eigenvalue weighted by Crippen LogP contribution is 2.22. The molecule has 0 aliphatic heterocycles. The average Bonchev–Trinajstić information content (AvgIpc) is 3.18. The summed E-state index contributed by atoms with van der Waals surface area (Å²) in [6.07, 6.45) is 4.76. The number of carbonyl (C=O) groups is 2. The molecule has 8 nitrogen and oxygen atoms in total. The summed E-state index contributed by atoms with van der Waals surface area (Å²) in [6.45, 7) is 1.72. The largest absolute Gasteiger partial charge is 0.465 e. The first-order valence-corrected chi connectivity index (χ1v) is 7.62. The standard InChI is InChI=1S/C17H13F2N5O3/c1-9-5-14(22-23-15(9)24-4-3-20-8-24)16(25)21-13-7-12(19)11(18)6-10(13)17(26)27-2/h3-8H,1-2H3,(H,21,25). The number of nitrogens with one attached hydrogen (secondary N) is 1. The fourth-order valence-electron chi connectivity index (χ4n) is 2.34. The first-order chi connectivity index (χ1) is 12.9. The Kier molecular flexibility index (Phi) is 4.88. The van der Waals surface area contributed by atoms with Crippen molar-refractivity contribution in [2.45, 2.75) is 6.92 Å². The van der Waals surface area contributed by atoms with Crippen molar-refractivity contribution in [1.29, 1.82) is 0 Å². The molecule has 1 amide bonds. The molecule has 0 saturated heterocycles. The molecule has 0 bridgehead atoms. The number of esters is 1. The molecule has 27 heavy (non-hydrogen) atoms. The molecule has 1 aromatic carbocycles. The predicted octanol–water partition coefficient (Wildman–Crippen LogP) is 2.29. The van der Waals surface area contributed by atoms with Gasteiger partial charge < -0.3 is 10.1 Å². The number of halogens is 2. The van der Waals surface area contributed by atoms with Gasteiger partial charge in [0.05, 0.1) is 18.4 Å². The van der Waals surface area contributed by atoms with Crippen LogP contribution < -0.4 is 5.32 Å². The lowest BCUT2D eigenvalue weighted by molar-refractivity contribution is 0.0601. The van der Waals surface area contributed by atoms with E-state index < -0.39 is 23.5 Å². The molecule has 0 saturated carbocycles. The molecular weight excluding hydrogens is 360 g/mol. The van der Waals surface area contributed by atoms with Gasteiger partial charge >= 0.3 is 5.97 Å². The highest BCUT2D eigenvalue weighted by Gasteiger charge is 2.20. The second kappa shape index (κ2) is 7.28. The summed E-state index contributed by atoms with van der Waals surface area (Å²) in [5.74, 6) is -3.67. The molecule has 0 radical (unpaired) electrons. The topological polar surface area (TPSA) is 99.0 Å². The van der Waals surface area contributed by atoms with E-state index in [4.69, 9.17) is 0 Å². The van der Waals surface area contributed by atoms with Crippen LogP contribution in [0.25, 0.3) is 5.82 Å². The molecule has 2 aromatic heterocycles. The number of aromatic nitrogens is 4. The van der Waals surface area contributed by atoms with Gasteiger partial charge in [-0.3, -0.25) is 9.36 Å². The number of hydrogen-bond donors (Lipinski definition) is 1. The zero-order valence-corrected chi connectivity index (χ0v) is 14.2. The fraction of sp³-hybridized carbons (Fsp3) is 0.118. The summed E-state index contributed by atoms with van der Waals surface area (Å²) < 4.78 is 33.1. The van der Waals surface area contributed by atoms with E-state index in [1.54, 1.807) is 23.9 Å². The minimum atomic E-state index is -1.24. The normalized spacial score (nSPS) is 10.5. The summed E-state index contributed by atoms with van der Waals surface area (Å²) in [5, 5.41) is 10.1. The molecule has 3 rings (SSSR count). The van der Waals surface area contributed by atoms with Gasteiger partial charge in [0.2, 0.25) is 0 Å². The summed E-state index contributed by atoms with van der Waals surface area (Å²) in [6, 6.07) is 2.81. The molecule has 10 heteroatoms. The zero-order valence-electron chi connectivity index (χ0n) is 14.2. The maximum Gasteiger partial charge on any atom is 0.340 e. The molecule has 0 unspecified atom stereocenters. The molecule has 0 atom stereocenters. The SMILES string of the molecule is COC(=O)c1cc(F)c(F)cc1NC(=O)c1cc(C)c(-n2ccnc2)nn1. The van der Waals surface area contributed by atoms with Crippen molar-refractivity contribution in [2.24, 2.45) is 0 Å². The minimum Gasteiger partial charge on any atom is -0.465 e. The van der Waals surface area contributed by atoms with E-state index >= 15 is 0 Å². The molecule has 2 heterocycles. The van der Waals surface area contributed by atoms with Crippen LogP contribution in [0.1, 0.15) is 26.4 Å². The van der Waals surface area contributed by atoms with E-state index in [0.29, 0.717) is 23.5 Å². The van der Waals surface area contributed by atoms with Crippen LogP contribution in [0.5, 0.6) is 0 Å². The lowest BCUT2D eigenvalue weighted by Gasteiger charge is -2.11. The third kappa shape index (κ3) is 3.64. The van der Waals surface area contributed by atoms with Crippen molar-refractivity contribution >= 4 is 17.6 Å². The van der Waals surface area contributed by atoms with Crippen LogP contribution in [0.4, 0.5) is 14.5 Å². The summed E-state index contributed by atoms with van der Waals surface area (Å²) in [5.41, 5.74) is -0.0168. The van der Waals surface area contributed by atoms with Crippen molar-refractivity contribution in [3.05, 3.63) is 65.4 Å². The smallest absolute Gasteiger partial charge is 0.340 e. The Morgan fingerprint density at radius 3 is 2.52 bits per heavy atom. The second-order valence-corrected chi connectivity index (χ2v) is 5.46. The van der Waals surface area contributed by atoms with Crippen LogP contribution in [-0.2, 0) is 4.74 Å². The lowest BCUT2D eigenvalue weighted by atomic mass is 10.1. The van der Waals surface area contributed by atoms with Gasteiger partial charge in [0.25, 0.3) is 5.91 Å². The van der Waals surface area contributed by atoms with Gasteiger partial charge in [-0.1, -0.05) is 0 Å². The quantitative estimate of drug-likeness (QED) is 0.705. The van der Waals surface area contributed by atoms with Gasteiger partial charge in [0, 0.05) is 18.5 Å². The molecule has 0 aliphatic carbocycles. The van der Waals surface area contributed by atoms with Crippen LogP contribution in [-0.4, -0.2) is 38.7 Å². The van der Waals surface area contributed by atoms with Gasteiger partial charge in [-0.15, -0.1) is 10.2 Å². The van der Waals surface area contributed by atoms with E-state index in [0.717, 1.165) is 7.11 Å². The highest BCUT2D eigenvalue weighted by atomic mass is 19.2. The zero-order chi connectivity index (χ0) is 19.6. The number of aryl methyl sites for hydroxylation is 1. The first kappa shape index (κ1) is 18.1. The number of anilines is 1.